The highest BCUT2D eigenvalue weighted by Gasteiger charge is 2.25. The number of nitrogens with two attached hydrogens (primary N) is 1. The minimum atomic E-state index is -0.0144. The Morgan fingerprint density at radius 2 is 2.12 bits per heavy atom. The van der Waals surface area contributed by atoms with Crippen molar-refractivity contribution < 1.29 is 4.79 Å². The number of hydrogen-bond acceptors (Lipinski definition) is 2. The van der Waals surface area contributed by atoms with Crippen molar-refractivity contribution in [2.24, 2.45) is 11.7 Å². The van der Waals surface area contributed by atoms with Gasteiger partial charge < -0.3 is 11.1 Å². The molecule has 1 heterocycles. The predicted octanol–water partition coefficient (Wildman–Crippen LogP) is 1.18. The first-order valence-corrected chi connectivity index (χ1v) is 5.61. The summed E-state index contributed by atoms with van der Waals surface area (Å²) in [6, 6.07) is 9.71. The Balaban J connectivity index is 2.10. The summed E-state index contributed by atoms with van der Waals surface area (Å²) in [4.78, 5) is 13.5. The van der Waals surface area contributed by atoms with Crippen molar-refractivity contribution in [3.8, 4) is 0 Å². The third-order valence-electron chi connectivity index (χ3n) is 2.87. The molecule has 2 rings (SSSR count). The van der Waals surface area contributed by atoms with Crippen LogP contribution in [0.5, 0.6) is 0 Å². The summed E-state index contributed by atoms with van der Waals surface area (Å²) < 4.78 is 0. The van der Waals surface area contributed by atoms with E-state index >= 15 is 0 Å². The number of amides is 2. The lowest BCUT2D eigenvalue weighted by Crippen LogP contribution is -2.51. The lowest BCUT2D eigenvalue weighted by atomic mass is 10.0. The van der Waals surface area contributed by atoms with E-state index in [1.54, 1.807) is 4.90 Å². The van der Waals surface area contributed by atoms with Crippen LogP contribution in [-0.2, 0) is 0 Å². The molecular weight excluding hydrogens is 202 g/mol. The van der Waals surface area contributed by atoms with Gasteiger partial charge in [0.05, 0.1) is 0 Å². The minimum Gasteiger partial charge on any atom is -0.337 e. The Morgan fingerprint density at radius 3 is 2.81 bits per heavy atom. The van der Waals surface area contributed by atoms with E-state index in [2.05, 4.69) is 5.32 Å². The first kappa shape index (κ1) is 11.0. The quantitative estimate of drug-likeness (QED) is 0.802. The summed E-state index contributed by atoms with van der Waals surface area (Å²) in [6.07, 6.45) is 0.948. The maximum atomic E-state index is 11.7. The van der Waals surface area contributed by atoms with Crippen LogP contribution in [0.25, 0.3) is 0 Å². The third-order valence-corrected chi connectivity index (χ3v) is 2.87. The Kier molecular flexibility index (Phi) is 3.41. The summed E-state index contributed by atoms with van der Waals surface area (Å²) in [7, 11) is 0. The zero-order valence-corrected chi connectivity index (χ0v) is 9.23. The van der Waals surface area contributed by atoms with Crippen LogP contribution in [0.1, 0.15) is 6.42 Å². The van der Waals surface area contributed by atoms with Crippen LogP contribution in [-0.4, -0.2) is 25.7 Å². The van der Waals surface area contributed by atoms with Crippen LogP contribution in [0.3, 0.4) is 0 Å². The molecule has 0 spiro atoms. The van der Waals surface area contributed by atoms with Crippen molar-refractivity contribution >= 4 is 11.7 Å². The molecule has 1 aliphatic rings. The zero-order valence-electron chi connectivity index (χ0n) is 9.23. The van der Waals surface area contributed by atoms with Gasteiger partial charge in [0.1, 0.15) is 0 Å². The second-order valence-electron chi connectivity index (χ2n) is 4.08. The molecule has 0 aromatic heterocycles. The number of anilines is 1. The molecular formula is C12H17N3O. The van der Waals surface area contributed by atoms with Crippen LogP contribution < -0.4 is 16.0 Å². The Bertz CT molecular complexity index is 353. The van der Waals surface area contributed by atoms with E-state index in [0.717, 1.165) is 25.2 Å². The number of nitrogens with zero attached hydrogens (tertiary/aromatic N) is 1. The summed E-state index contributed by atoms with van der Waals surface area (Å²) in [5, 5.41) is 2.90. The molecule has 3 N–H and O–H groups in total. The molecule has 2 amide bonds. The van der Waals surface area contributed by atoms with Crippen molar-refractivity contribution in [1.82, 2.24) is 5.32 Å². The van der Waals surface area contributed by atoms with E-state index in [1.165, 1.54) is 0 Å². The van der Waals surface area contributed by atoms with Crippen LogP contribution in [0.15, 0.2) is 30.3 Å². The molecule has 4 nitrogen and oxygen atoms in total. The largest absolute Gasteiger partial charge is 0.337 e. The second-order valence-corrected chi connectivity index (χ2v) is 4.08. The maximum absolute atomic E-state index is 11.7. The van der Waals surface area contributed by atoms with Gasteiger partial charge in [-0.2, -0.15) is 0 Å². The molecule has 4 heteroatoms. The standard InChI is InChI=1S/C12H17N3O/c13-7-6-10-8-14-12(16)15(9-10)11-4-2-1-3-5-11/h1-5,10H,6-9,13H2,(H,14,16). The average Bonchev–Trinajstić information content (AvgIpc) is 2.33. The van der Waals surface area contributed by atoms with Crippen LogP contribution >= 0.6 is 0 Å². The number of hydrogen-bond donors (Lipinski definition) is 2. The van der Waals surface area contributed by atoms with Crippen molar-refractivity contribution in [3.63, 3.8) is 0 Å². The van der Waals surface area contributed by atoms with Crippen molar-refractivity contribution in [2.45, 2.75) is 6.42 Å². The highest BCUT2D eigenvalue weighted by Crippen LogP contribution is 2.19. The van der Waals surface area contributed by atoms with Gasteiger partial charge in [-0.3, -0.25) is 4.90 Å². The monoisotopic (exact) mass is 219 g/mol. The molecule has 0 saturated carbocycles. The Hall–Kier alpha value is -1.55. The molecule has 86 valence electrons. The van der Waals surface area contributed by atoms with Crippen LogP contribution in [0.2, 0.25) is 0 Å². The summed E-state index contributed by atoms with van der Waals surface area (Å²) in [5.74, 6) is 0.447. The lowest BCUT2D eigenvalue weighted by Gasteiger charge is -2.33. The summed E-state index contributed by atoms with van der Waals surface area (Å²) >= 11 is 0. The second kappa shape index (κ2) is 4.99. The van der Waals surface area contributed by atoms with Gasteiger partial charge >= 0.3 is 6.03 Å². The Labute approximate surface area is 95.4 Å². The molecule has 0 radical (unpaired) electrons. The number of carbonyl (C=O) groups is 1. The van der Waals surface area contributed by atoms with E-state index < -0.39 is 0 Å². The molecule has 16 heavy (non-hydrogen) atoms. The van der Waals surface area contributed by atoms with Crippen molar-refractivity contribution in [2.75, 3.05) is 24.5 Å². The van der Waals surface area contributed by atoms with Gasteiger partial charge in [-0.1, -0.05) is 18.2 Å². The first-order valence-electron chi connectivity index (χ1n) is 5.61. The molecule has 0 aliphatic carbocycles. The van der Waals surface area contributed by atoms with E-state index in [-0.39, 0.29) is 6.03 Å². The summed E-state index contributed by atoms with van der Waals surface area (Å²) in [6.45, 7) is 2.16. The van der Waals surface area contributed by atoms with Crippen LogP contribution in [0.4, 0.5) is 10.5 Å². The van der Waals surface area contributed by atoms with Gasteiger partial charge in [-0.05, 0) is 31.0 Å². The van der Waals surface area contributed by atoms with Crippen LogP contribution in [0, 0.1) is 5.92 Å². The van der Waals surface area contributed by atoms with Gasteiger partial charge in [0.25, 0.3) is 0 Å². The zero-order chi connectivity index (χ0) is 11.4. The molecule has 1 saturated heterocycles. The Morgan fingerprint density at radius 1 is 1.38 bits per heavy atom. The molecule has 1 fully saturated rings. The topological polar surface area (TPSA) is 58.4 Å². The van der Waals surface area contributed by atoms with Gasteiger partial charge in [0.15, 0.2) is 0 Å². The van der Waals surface area contributed by atoms with E-state index in [9.17, 15) is 4.79 Å². The van der Waals surface area contributed by atoms with Gasteiger partial charge in [0, 0.05) is 18.8 Å². The fraction of sp³-hybridized carbons (Fsp3) is 0.417. The number of urea groups is 1. The lowest BCUT2D eigenvalue weighted by molar-refractivity contribution is 0.236. The molecule has 1 unspecified atom stereocenters. The number of benzene rings is 1. The molecule has 0 bridgehead atoms. The highest BCUT2D eigenvalue weighted by molar-refractivity contribution is 5.92. The molecule has 1 atom stereocenters. The number of para-hydroxylation sites is 1. The molecule has 1 aromatic rings. The molecule has 1 aliphatic heterocycles. The fourth-order valence-electron chi connectivity index (χ4n) is 1.99. The molecule has 1 aromatic carbocycles. The number of carbonyl (C=O) groups excluding carboxylic acids is 1. The minimum absolute atomic E-state index is 0.0144. The van der Waals surface area contributed by atoms with Gasteiger partial charge in [-0.15, -0.1) is 0 Å². The van der Waals surface area contributed by atoms with E-state index in [0.29, 0.717) is 12.5 Å². The van der Waals surface area contributed by atoms with Gasteiger partial charge in [0.2, 0.25) is 0 Å². The summed E-state index contributed by atoms with van der Waals surface area (Å²) in [5.41, 5.74) is 6.49. The predicted molar refractivity (Wildman–Crippen MR) is 64.3 cm³/mol. The average molecular weight is 219 g/mol. The highest BCUT2D eigenvalue weighted by atomic mass is 16.2. The fourth-order valence-corrected chi connectivity index (χ4v) is 1.99. The smallest absolute Gasteiger partial charge is 0.321 e. The normalized spacial score (nSPS) is 20.7. The van der Waals surface area contributed by atoms with Gasteiger partial charge in [-0.25, -0.2) is 4.79 Å². The van der Waals surface area contributed by atoms with E-state index in [4.69, 9.17) is 5.73 Å². The maximum Gasteiger partial charge on any atom is 0.321 e. The van der Waals surface area contributed by atoms with Crippen molar-refractivity contribution in [1.29, 1.82) is 0 Å². The van der Waals surface area contributed by atoms with E-state index in [1.807, 2.05) is 30.3 Å². The van der Waals surface area contributed by atoms with Crippen molar-refractivity contribution in [3.05, 3.63) is 30.3 Å². The number of rotatable bonds is 3. The first-order chi connectivity index (χ1) is 7.81. The third kappa shape index (κ3) is 2.33. The number of nitrogens with one attached hydrogen (secondary N) is 1. The SMILES string of the molecule is NCCC1CNC(=O)N(c2ccccc2)C1.